The van der Waals surface area contributed by atoms with Gasteiger partial charge in [-0.2, -0.15) is 5.10 Å². The molecule has 2 aromatic rings. The molecule has 1 amide bonds. The van der Waals surface area contributed by atoms with Gasteiger partial charge < -0.3 is 4.90 Å². The first-order valence-electron chi connectivity index (χ1n) is 8.85. The van der Waals surface area contributed by atoms with E-state index in [1.54, 1.807) is 0 Å². The summed E-state index contributed by atoms with van der Waals surface area (Å²) in [5.74, 6) is -0.400. The molecule has 1 saturated heterocycles. The van der Waals surface area contributed by atoms with Gasteiger partial charge in [-0.15, -0.1) is 0 Å². The minimum atomic E-state index is -1.02. The normalized spacial score (nSPS) is 22.1. The van der Waals surface area contributed by atoms with E-state index in [9.17, 15) is 18.4 Å². The van der Waals surface area contributed by atoms with Crippen molar-refractivity contribution in [2.45, 2.75) is 44.4 Å². The quantitative estimate of drug-likeness (QED) is 0.790. The second-order valence-corrected chi connectivity index (χ2v) is 7.32. The van der Waals surface area contributed by atoms with Crippen LogP contribution in [0.4, 0.5) is 8.78 Å². The van der Waals surface area contributed by atoms with Crippen molar-refractivity contribution in [3.63, 3.8) is 0 Å². The van der Waals surface area contributed by atoms with Crippen LogP contribution < -0.4 is 5.69 Å². The summed E-state index contributed by atoms with van der Waals surface area (Å²) < 4.78 is 29.9. The van der Waals surface area contributed by atoms with Crippen LogP contribution in [0.2, 0.25) is 5.02 Å². The lowest BCUT2D eigenvalue weighted by molar-refractivity contribution is -0.134. The Labute approximate surface area is 158 Å². The van der Waals surface area contributed by atoms with Crippen LogP contribution in [0.5, 0.6) is 0 Å². The Hall–Kier alpha value is -2.29. The zero-order chi connectivity index (χ0) is 19.1. The van der Waals surface area contributed by atoms with Gasteiger partial charge in [-0.1, -0.05) is 11.6 Å². The number of nitrogens with zero attached hydrogens (tertiary/aromatic N) is 5. The van der Waals surface area contributed by atoms with Crippen molar-refractivity contribution in [1.82, 2.24) is 24.2 Å². The number of rotatable bonds is 3. The topological polar surface area (TPSA) is 73.0 Å². The van der Waals surface area contributed by atoms with Crippen LogP contribution >= 0.6 is 11.6 Å². The average molecular weight is 398 g/mol. The highest BCUT2D eigenvalue weighted by Crippen LogP contribution is 2.26. The molecule has 0 N–H and O–H groups in total. The average Bonchev–Trinajstić information content (AvgIpc) is 3.21. The van der Waals surface area contributed by atoms with Crippen LogP contribution in [0.3, 0.4) is 0 Å². The van der Waals surface area contributed by atoms with Gasteiger partial charge in [0.1, 0.15) is 23.9 Å². The Morgan fingerprint density at radius 3 is 2.89 bits per heavy atom. The van der Waals surface area contributed by atoms with E-state index >= 15 is 0 Å². The van der Waals surface area contributed by atoms with Crippen molar-refractivity contribution in [3.8, 4) is 0 Å². The molecule has 0 bridgehead atoms. The van der Waals surface area contributed by atoms with Crippen LogP contribution in [-0.4, -0.2) is 49.4 Å². The van der Waals surface area contributed by atoms with Gasteiger partial charge in [0.2, 0.25) is 5.91 Å². The van der Waals surface area contributed by atoms with Gasteiger partial charge in [-0.25, -0.2) is 18.3 Å². The first-order valence-corrected chi connectivity index (χ1v) is 9.23. The molecule has 2 atom stereocenters. The van der Waals surface area contributed by atoms with Gasteiger partial charge in [-0.05, 0) is 25.3 Å². The Morgan fingerprint density at radius 1 is 1.37 bits per heavy atom. The molecular weight excluding hydrogens is 380 g/mol. The number of hydrogen-bond donors (Lipinski definition) is 0. The zero-order valence-electron chi connectivity index (χ0n) is 14.4. The molecule has 2 aliphatic rings. The molecule has 0 aromatic carbocycles. The lowest BCUT2D eigenvalue weighted by Gasteiger charge is -2.26. The molecule has 2 aliphatic heterocycles. The number of likely N-dealkylation sites (tertiary alicyclic amines) is 1. The lowest BCUT2D eigenvalue weighted by atomic mass is 10.0. The highest BCUT2D eigenvalue weighted by atomic mass is 35.5. The number of carbonyl (C=O) groups is 1. The standard InChI is InChI=1S/C17H18ClF2N5O2/c18-10-6-12(20)13(21-7-10)9-24-17(27)25-14(2-1-3-15(25)22-24)16(26)23-5-4-11(19)8-23/h6-7,11,14H,1-5,8-9H2/t11-,14-/m0/s1. The third kappa shape index (κ3) is 3.36. The number of alkyl halides is 1. The largest absolute Gasteiger partial charge is 0.347 e. The summed E-state index contributed by atoms with van der Waals surface area (Å²) in [5.41, 5.74) is -0.449. The molecule has 7 nitrogen and oxygen atoms in total. The van der Waals surface area contributed by atoms with Crippen molar-refractivity contribution in [2.24, 2.45) is 0 Å². The smallest absolute Gasteiger partial charge is 0.338 e. The molecule has 0 spiro atoms. The van der Waals surface area contributed by atoms with E-state index < -0.39 is 23.7 Å². The first kappa shape index (κ1) is 18.1. The second-order valence-electron chi connectivity index (χ2n) is 6.89. The van der Waals surface area contributed by atoms with E-state index in [-0.39, 0.29) is 29.7 Å². The van der Waals surface area contributed by atoms with Gasteiger partial charge in [-0.3, -0.25) is 14.3 Å². The van der Waals surface area contributed by atoms with Crippen LogP contribution in [0.25, 0.3) is 0 Å². The monoisotopic (exact) mass is 397 g/mol. The number of pyridine rings is 1. The lowest BCUT2D eigenvalue weighted by Crippen LogP contribution is -2.41. The first-order chi connectivity index (χ1) is 12.9. The van der Waals surface area contributed by atoms with E-state index in [0.29, 0.717) is 38.1 Å². The van der Waals surface area contributed by atoms with E-state index in [0.717, 1.165) is 10.7 Å². The maximum atomic E-state index is 14.0. The van der Waals surface area contributed by atoms with Crippen molar-refractivity contribution < 1.29 is 13.6 Å². The molecule has 27 heavy (non-hydrogen) atoms. The molecule has 0 unspecified atom stereocenters. The maximum absolute atomic E-state index is 14.0. The van der Waals surface area contributed by atoms with E-state index in [1.807, 2.05) is 0 Å². The van der Waals surface area contributed by atoms with Gasteiger partial charge in [0.15, 0.2) is 0 Å². The van der Waals surface area contributed by atoms with E-state index in [2.05, 4.69) is 10.1 Å². The van der Waals surface area contributed by atoms with Crippen LogP contribution in [0.1, 0.15) is 36.8 Å². The highest BCUT2D eigenvalue weighted by Gasteiger charge is 2.36. The Balaban J connectivity index is 1.64. The summed E-state index contributed by atoms with van der Waals surface area (Å²) in [5, 5.41) is 4.43. The fourth-order valence-corrected chi connectivity index (χ4v) is 3.84. The Morgan fingerprint density at radius 2 is 2.19 bits per heavy atom. The van der Waals surface area contributed by atoms with E-state index in [4.69, 9.17) is 11.6 Å². The molecule has 0 aliphatic carbocycles. The second kappa shape index (κ2) is 7.03. The predicted octanol–water partition coefficient (Wildman–Crippen LogP) is 1.73. The third-order valence-electron chi connectivity index (χ3n) is 5.04. The number of fused-ring (bicyclic) bond motifs is 1. The molecule has 0 saturated carbocycles. The molecule has 144 valence electrons. The van der Waals surface area contributed by atoms with Gasteiger partial charge in [0.25, 0.3) is 0 Å². The molecular formula is C17H18ClF2N5O2. The van der Waals surface area contributed by atoms with E-state index in [1.165, 1.54) is 15.7 Å². The minimum Gasteiger partial charge on any atom is -0.338 e. The van der Waals surface area contributed by atoms with Crippen LogP contribution in [-0.2, 0) is 17.8 Å². The minimum absolute atomic E-state index is 0.0413. The van der Waals surface area contributed by atoms with Gasteiger partial charge in [0, 0.05) is 19.2 Å². The number of amides is 1. The number of aromatic nitrogens is 4. The number of carbonyl (C=O) groups excluding carboxylic acids is 1. The molecule has 4 rings (SSSR count). The van der Waals surface area contributed by atoms with Crippen molar-refractivity contribution in [2.75, 3.05) is 13.1 Å². The summed E-state index contributed by atoms with van der Waals surface area (Å²) in [4.78, 5) is 31.0. The number of aryl methyl sites for hydroxylation is 1. The van der Waals surface area contributed by atoms with Crippen LogP contribution in [0, 0.1) is 5.82 Å². The fraction of sp³-hybridized carbons (Fsp3) is 0.529. The van der Waals surface area contributed by atoms with Crippen molar-refractivity contribution in [1.29, 1.82) is 0 Å². The fourth-order valence-electron chi connectivity index (χ4n) is 3.70. The summed E-state index contributed by atoms with van der Waals surface area (Å²) in [6.45, 7) is 0.265. The third-order valence-corrected chi connectivity index (χ3v) is 5.25. The highest BCUT2D eigenvalue weighted by molar-refractivity contribution is 6.30. The maximum Gasteiger partial charge on any atom is 0.347 e. The summed E-state index contributed by atoms with van der Waals surface area (Å²) >= 11 is 5.70. The van der Waals surface area contributed by atoms with Crippen molar-refractivity contribution >= 4 is 17.5 Å². The Kier molecular flexibility index (Phi) is 4.71. The summed E-state index contributed by atoms with van der Waals surface area (Å²) in [6, 6.07) is 0.432. The molecule has 1 fully saturated rings. The number of hydrogen-bond acceptors (Lipinski definition) is 4. The molecule has 0 radical (unpaired) electrons. The predicted molar refractivity (Wildman–Crippen MR) is 92.9 cm³/mol. The summed E-state index contributed by atoms with van der Waals surface area (Å²) in [6.07, 6.45) is 2.35. The van der Waals surface area contributed by atoms with Gasteiger partial charge >= 0.3 is 5.69 Å². The SMILES string of the molecule is O=C([C@@H]1CCCc2nn(Cc3ncc(Cl)cc3F)c(=O)n21)N1CC[C@H](F)C1. The number of halogens is 3. The summed E-state index contributed by atoms with van der Waals surface area (Å²) in [7, 11) is 0. The molecule has 10 heteroatoms. The molecule has 2 aromatic heterocycles. The zero-order valence-corrected chi connectivity index (χ0v) is 15.2. The molecule has 4 heterocycles. The van der Waals surface area contributed by atoms with Crippen molar-refractivity contribution in [3.05, 3.63) is 45.1 Å². The Bertz CT molecular complexity index is 944. The van der Waals surface area contributed by atoms with Crippen LogP contribution in [0.15, 0.2) is 17.1 Å². The van der Waals surface area contributed by atoms with Gasteiger partial charge in [0.05, 0.1) is 23.8 Å².